The van der Waals surface area contributed by atoms with E-state index in [4.69, 9.17) is 11.6 Å². The van der Waals surface area contributed by atoms with Gasteiger partial charge in [-0.15, -0.1) is 0 Å². The van der Waals surface area contributed by atoms with Crippen molar-refractivity contribution in [2.45, 2.75) is 16.7 Å². The van der Waals surface area contributed by atoms with E-state index in [0.29, 0.717) is 10.4 Å². The Morgan fingerprint density at radius 1 is 1.05 bits per heavy atom. The van der Waals surface area contributed by atoms with Crippen LogP contribution in [-0.4, -0.2) is 4.98 Å². The molecular formula is C16H12ClNOS. The normalized spacial score (nSPS) is 10.9. The van der Waals surface area contributed by atoms with Crippen LogP contribution in [0.5, 0.6) is 0 Å². The van der Waals surface area contributed by atoms with E-state index in [0.717, 1.165) is 15.2 Å². The van der Waals surface area contributed by atoms with Crippen molar-refractivity contribution in [2.75, 3.05) is 0 Å². The van der Waals surface area contributed by atoms with E-state index < -0.39 is 0 Å². The third-order valence-corrected chi connectivity index (χ3v) is 4.38. The number of hydrogen-bond donors (Lipinski definition) is 1. The molecule has 0 bridgehead atoms. The molecule has 2 aromatic carbocycles. The number of nitrogens with one attached hydrogen (secondary N) is 1. The number of halogens is 1. The summed E-state index contributed by atoms with van der Waals surface area (Å²) in [5.74, 6) is 0. The molecule has 3 rings (SSSR count). The number of hydrogen-bond acceptors (Lipinski definition) is 2. The second kappa shape index (κ2) is 5.35. The van der Waals surface area contributed by atoms with Crippen LogP contribution in [0.4, 0.5) is 0 Å². The van der Waals surface area contributed by atoms with Crippen molar-refractivity contribution < 1.29 is 0 Å². The zero-order valence-corrected chi connectivity index (χ0v) is 12.4. The van der Waals surface area contributed by atoms with E-state index in [1.165, 1.54) is 5.56 Å². The van der Waals surface area contributed by atoms with Crippen molar-refractivity contribution in [3.8, 4) is 0 Å². The van der Waals surface area contributed by atoms with Gasteiger partial charge in [0.15, 0.2) is 0 Å². The number of fused-ring (bicyclic) bond motifs is 1. The minimum atomic E-state index is -0.115. The number of benzene rings is 2. The summed E-state index contributed by atoms with van der Waals surface area (Å²) in [7, 11) is 0. The van der Waals surface area contributed by atoms with E-state index in [1.807, 2.05) is 12.1 Å². The van der Waals surface area contributed by atoms with Crippen molar-refractivity contribution in [3.63, 3.8) is 0 Å². The Labute approximate surface area is 125 Å². The van der Waals surface area contributed by atoms with Crippen LogP contribution in [0.15, 0.2) is 63.2 Å². The summed E-state index contributed by atoms with van der Waals surface area (Å²) in [6, 6.07) is 13.7. The fourth-order valence-electron chi connectivity index (χ4n) is 2.02. The first-order valence-electron chi connectivity index (χ1n) is 6.19. The topological polar surface area (TPSA) is 32.9 Å². The Morgan fingerprint density at radius 2 is 1.80 bits per heavy atom. The second-order valence-electron chi connectivity index (χ2n) is 4.59. The molecule has 1 heterocycles. The Kier molecular flexibility index (Phi) is 3.55. The van der Waals surface area contributed by atoms with Crippen molar-refractivity contribution in [3.05, 3.63) is 69.6 Å². The fourth-order valence-corrected chi connectivity index (χ4v) is 3.13. The highest BCUT2D eigenvalue weighted by Crippen LogP contribution is 2.32. The number of aryl methyl sites for hydroxylation is 1. The summed E-state index contributed by atoms with van der Waals surface area (Å²) in [5, 5.41) is 2.11. The van der Waals surface area contributed by atoms with Crippen LogP contribution in [0.3, 0.4) is 0 Å². The molecule has 100 valence electrons. The molecule has 1 aromatic heterocycles. The standard InChI is InChI=1S/C16H12ClNOS/c1-10-2-5-12(6-3-10)20-15-9-18-16(19)14-8-11(17)4-7-13(14)15/h2-9H,1H3,(H,18,19). The third kappa shape index (κ3) is 2.60. The Hall–Kier alpha value is -1.71. The summed E-state index contributed by atoms with van der Waals surface area (Å²) in [5.41, 5.74) is 1.11. The van der Waals surface area contributed by atoms with Gasteiger partial charge in [-0.1, -0.05) is 47.1 Å². The average molecular weight is 302 g/mol. The zero-order valence-electron chi connectivity index (χ0n) is 10.8. The lowest BCUT2D eigenvalue weighted by Crippen LogP contribution is -2.05. The molecule has 0 saturated heterocycles. The predicted molar refractivity (Wildman–Crippen MR) is 84.9 cm³/mol. The van der Waals surface area contributed by atoms with Gasteiger partial charge in [0, 0.05) is 31.8 Å². The first-order valence-corrected chi connectivity index (χ1v) is 7.38. The highest BCUT2D eigenvalue weighted by Gasteiger charge is 2.07. The molecule has 0 radical (unpaired) electrons. The van der Waals surface area contributed by atoms with E-state index in [9.17, 15) is 4.79 Å². The molecule has 2 nitrogen and oxygen atoms in total. The minimum Gasteiger partial charge on any atom is -0.327 e. The molecular weight excluding hydrogens is 290 g/mol. The van der Waals surface area contributed by atoms with Crippen LogP contribution < -0.4 is 5.56 Å². The smallest absolute Gasteiger partial charge is 0.255 e. The number of aromatic amines is 1. The molecule has 0 spiro atoms. The molecule has 0 unspecified atom stereocenters. The summed E-state index contributed by atoms with van der Waals surface area (Å²) in [6.45, 7) is 2.06. The molecule has 1 N–H and O–H groups in total. The molecule has 20 heavy (non-hydrogen) atoms. The number of aromatic nitrogens is 1. The van der Waals surface area contributed by atoms with Crippen LogP contribution in [-0.2, 0) is 0 Å². The highest BCUT2D eigenvalue weighted by atomic mass is 35.5. The molecule has 3 aromatic rings. The van der Waals surface area contributed by atoms with Gasteiger partial charge in [-0.05, 0) is 31.2 Å². The molecule has 0 aliphatic rings. The van der Waals surface area contributed by atoms with Gasteiger partial charge in [0.05, 0.1) is 0 Å². The third-order valence-electron chi connectivity index (χ3n) is 3.07. The first kappa shape index (κ1) is 13.3. The predicted octanol–water partition coefficient (Wildman–Crippen LogP) is 4.64. The van der Waals surface area contributed by atoms with Gasteiger partial charge in [-0.25, -0.2) is 0 Å². The second-order valence-corrected chi connectivity index (χ2v) is 6.14. The van der Waals surface area contributed by atoms with Gasteiger partial charge >= 0.3 is 0 Å². The summed E-state index contributed by atoms with van der Waals surface area (Å²) < 4.78 is 0. The van der Waals surface area contributed by atoms with Crippen LogP contribution in [0.2, 0.25) is 5.02 Å². The van der Waals surface area contributed by atoms with E-state index in [2.05, 4.69) is 36.2 Å². The van der Waals surface area contributed by atoms with Gasteiger partial charge in [0.1, 0.15) is 0 Å². The van der Waals surface area contributed by atoms with Crippen LogP contribution in [0, 0.1) is 6.92 Å². The van der Waals surface area contributed by atoms with Gasteiger partial charge in [0.25, 0.3) is 5.56 Å². The minimum absolute atomic E-state index is 0.115. The van der Waals surface area contributed by atoms with Crippen LogP contribution in [0.25, 0.3) is 10.8 Å². The van der Waals surface area contributed by atoms with Gasteiger partial charge in [0.2, 0.25) is 0 Å². The van der Waals surface area contributed by atoms with Crippen LogP contribution >= 0.6 is 23.4 Å². The maximum absolute atomic E-state index is 11.9. The van der Waals surface area contributed by atoms with Crippen LogP contribution in [0.1, 0.15) is 5.56 Å². The van der Waals surface area contributed by atoms with E-state index in [1.54, 1.807) is 24.0 Å². The quantitative estimate of drug-likeness (QED) is 0.748. The van der Waals surface area contributed by atoms with E-state index in [-0.39, 0.29) is 5.56 Å². The number of pyridine rings is 1. The molecule has 0 atom stereocenters. The summed E-state index contributed by atoms with van der Waals surface area (Å²) in [6.07, 6.45) is 1.75. The number of H-pyrrole nitrogens is 1. The van der Waals surface area contributed by atoms with Gasteiger partial charge in [-0.3, -0.25) is 4.79 Å². The maximum atomic E-state index is 11.9. The van der Waals surface area contributed by atoms with Gasteiger partial charge < -0.3 is 4.98 Å². The van der Waals surface area contributed by atoms with Crippen molar-refractivity contribution in [2.24, 2.45) is 0 Å². The fraction of sp³-hybridized carbons (Fsp3) is 0.0625. The monoisotopic (exact) mass is 301 g/mol. The lowest BCUT2D eigenvalue weighted by Gasteiger charge is -2.06. The van der Waals surface area contributed by atoms with E-state index >= 15 is 0 Å². The molecule has 0 fully saturated rings. The maximum Gasteiger partial charge on any atom is 0.255 e. The Balaban J connectivity index is 2.10. The molecule has 0 saturated carbocycles. The van der Waals surface area contributed by atoms with Crippen molar-refractivity contribution in [1.29, 1.82) is 0 Å². The SMILES string of the molecule is Cc1ccc(Sc2c[nH]c(=O)c3cc(Cl)ccc23)cc1. The Bertz CT molecular complexity index is 824. The average Bonchev–Trinajstić information content (AvgIpc) is 2.44. The van der Waals surface area contributed by atoms with Crippen molar-refractivity contribution in [1.82, 2.24) is 4.98 Å². The molecule has 4 heteroatoms. The largest absolute Gasteiger partial charge is 0.327 e. The van der Waals surface area contributed by atoms with Crippen molar-refractivity contribution >= 4 is 34.1 Å². The number of rotatable bonds is 2. The van der Waals surface area contributed by atoms with Gasteiger partial charge in [-0.2, -0.15) is 0 Å². The first-order chi connectivity index (χ1) is 9.63. The highest BCUT2D eigenvalue weighted by molar-refractivity contribution is 7.99. The summed E-state index contributed by atoms with van der Waals surface area (Å²) >= 11 is 7.59. The molecule has 0 amide bonds. The molecule has 0 aliphatic carbocycles. The Morgan fingerprint density at radius 3 is 2.55 bits per heavy atom. The molecule has 0 aliphatic heterocycles. The lowest BCUT2D eigenvalue weighted by atomic mass is 10.2. The lowest BCUT2D eigenvalue weighted by molar-refractivity contribution is 1.22. The zero-order chi connectivity index (χ0) is 14.1. The summed E-state index contributed by atoms with van der Waals surface area (Å²) in [4.78, 5) is 16.8.